The van der Waals surface area contributed by atoms with E-state index in [-0.39, 0.29) is 27.8 Å². The average Bonchev–Trinajstić information content (AvgIpc) is 2.56. The Morgan fingerprint density at radius 3 is 2.32 bits per heavy atom. The first-order chi connectivity index (χ1) is 11.8. The normalized spacial score (nSPS) is 11.9. The van der Waals surface area contributed by atoms with Gasteiger partial charge in [-0.05, 0) is 37.3 Å². The number of carbonyl (C=O) groups excluding carboxylic acids is 1. The number of hydrogen-bond acceptors (Lipinski definition) is 5. The molecule has 2 rings (SSSR count). The van der Waals surface area contributed by atoms with Crippen LogP contribution in [0.25, 0.3) is 0 Å². The lowest BCUT2D eigenvalue weighted by atomic mass is 10.1. The maximum atomic E-state index is 12.3. The van der Waals surface area contributed by atoms with Crippen LogP contribution in [0.5, 0.6) is 11.5 Å². The molecule has 0 aliphatic heterocycles. The maximum Gasteiger partial charge on any atom is 0.387 e. The predicted octanol–water partition coefficient (Wildman–Crippen LogP) is 4.50. The minimum Gasteiger partial charge on any atom is -0.481 e. The van der Waals surface area contributed by atoms with E-state index < -0.39 is 23.4 Å². The number of carbonyl (C=O) groups is 1. The van der Waals surface area contributed by atoms with Crippen molar-refractivity contribution in [2.75, 3.05) is 0 Å². The van der Waals surface area contributed by atoms with Gasteiger partial charge in [0.2, 0.25) is 5.78 Å². The summed E-state index contributed by atoms with van der Waals surface area (Å²) in [4.78, 5) is 22.4. The molecule has 2 aromatic rings. The summed E-state index contributed by atoms with van der Waals surface area (Å²) in [7, 11) is 0. The van der Waals surface area contributed by atoms with E-state index in [9.17, 15) is 23.7 Å². The van der Waals surface area contributed by atoms with Gasteiger partial charge in [0, 0.05) is 17.7 Å². The molecule has 0 aromatic heterocycles. The Kier molecular flexibility index (Phi) is 5.87. The zero-order chi connectivity index (χ0) is 18.6. The first-order valence-corrected chi connectivity index (χ1v) is 7.35. The van der Waals surface area contributed by atoms with E-state index in [2.05, 4.69) is 4.74 Å². The number of ether oxygens (including phenoxy) is 2. The molecule has 9 heteroatoms. The molecule has 0 amide bonds. The van der Waals surface area contributed by atoms with Crippen LogP contribution >= 0.6 is 11.6 Å². The minimum atomic E-state index is -2.95. The predicted molar refractivity (Wildman–Crippen MR) is 85.6 cm³/mol. The third kappa shape index (κ3) is 4.87. The Balaban J connectivity index is 2.08. The summed E-state index contributed by atoms with van der Waals surface area (Å²) in [5.41, 5.74) is 0.0260. The molecule has 2 aromatic carbocycles. The van der Waals surface area contributed by atoms with Gasteiger partial charge in [-0.1, -0.05) is 11.6 Å². The van der Waals surface area contributed by atoms with Crippen molar-refractivity contribution in [2.45, 2.75) is 19.6 Å². The SMILES string of the molecule is C[C@@H](Oc1ccc([N+](=O)[O-])cc1Cl)C(=O)c1ccc(OC(F)F)cc1. The third-order valence-electron chi connectivity index (χ3n) is 3.16. The Bertz CT molecular complexity index is 783. The number of rotatable bonds is 7. The zero-order valence-electron chi connectivity index (χ0n) is 12.8. The fourth-order valence-corrected chi connectivity index (χ4v) is 2.20. The Morgan fingerprint density at radius 2 is 1.80 bits per heavy atom. The van der Waals surface area contributed by atoms with Gasteiger partial charge in [0.15, 0.2) is 6.10 Å². The number of nitro groups is 1. The molecule has 0 unspecified atom stereocenters. The first-order valence-electron chi connectivity index (χ1n) is 6.97. The molecule has 0 radical (unpaired) electrons. The maximum absolute atomic E-state index is 12.3. The van der Waals surface area contributed by atoms with Crippen LogP contribution in [0.2, 0.25) is 5.02 Å². The molecule has 132 valence electrons. The molecule has 0 saturated heterocycles. The third-order valence-corrected chi connectivity index (χ3v) is 3.46. The molecule has 0 bridgehead atoms. The molecule has 0 heterocycles. The molecule has 0 fully saturated rings. The number of benzene rings is 2. The van der Waals surface area contributed by atoms with Gasteiger partial charge in [0.1, 0.15) is 11.5 Å². The van der Waals surface area contributed by atoms with Crippen molar-refractivity contribution >= 4 is 23.1 Å². The quantitative estimate of drug-likeness (QED) is 0.407. The Hall–Kier alpha value is -2.74. The number of non-ortho nitro benzene ring substituents is 1. The summed E-state index contributed by atoms with van der Waals surface area (Å²) in [6.45, 7) is -1.48. The lowest BCUT2D eigenvalue weighted by molar-refractivity contribution is -0.384. The van der Waals surface area contributed by atoms with Crippen molar-refractivity contribution in [1.29, 1.82) is 0 Å². The highest BCUT2D eigenvalue weighted by Crippen LogP contribution is 2.30. The molecular weight excluding hydrogens is 360 g/mol. The highest BCUT2D eigenvalue weighted by Gasteiger charge is 2.19. The van der Waals surface area contributed by atoms with Crippen LogP contribution in [0.4, 0.5) is 14.5 Å². The van der Waals surface area contributed by atoms with Gasteiger partial charge in [-0.3, -0.25) is 14.9 Å². The second kappa shape index (κ2) is 7.89. The van der Waals surface area contributed by atoms with Crippen molar-refractivity contribution in [1.82, 2.24) is 0 Å². The van der Waals surface area contributed by atoms with Crippen LogP contribution < -0.4 is 9.47 Å². The standard InChI is InChI=1S/C16H12ClF2NO5/c1-9(24-14-7-4-11(20(22)23)8-13(14)17)15(21)10-2-5-12(6-3-10)25-16(18)19/h2-9,16H,1H3/t9-/m1/s1. The summed E-state index contributed by atoms with van der Waals surface area (Å²) in [6.07, 6.45) is -0.944. The second-order valence-corrected chi connectivity index (χ2v) is 5.31. The van der Waals surface area contributed by atoms with Crippen molar-refractivity contribution in [2.24, 2.45) is 0 Å². The van der Waals surface area contributed by atoms with E-state index in [1.807, 2.05) is 0 Å². The van der Waals surface area contributed by atoms with Gasteiger partial charge in [0.05, 0.1) is 9.95 Å². The number of nitrogens with zero attached hydrogens (tertiary/aromatic N) is 1. The van der Waals surface area contributed by atoms with E-state index in [1.165, 1.54) is 43.3 Å². The summed E-state index contributed by atoms with van der Waals surface area (Å²) in [6, 6.07) is 8.76. The van der Waals surface area contributed by atoms with E-state index in [0.29, 0.717) is 0 Å². The molecule has 0 spiro atoms. The van der Waals surface area contributed by atoms with Crippen LogP contribution in [-0.2, 0) is 0 Å². The molecule has 1 atom stereocenters. The fourth-order valence-electron chi connectivity index (χ4n) is 1.98. The summed E-state index contributed by atoms with van der Waals surface area (Å²) in [5.74, 6) is -0.373. The molecule has 25 heavy (non-hydrogen) atoms. The van der Waals surface area contributed by atoms with E-state index in [1.54, 1.807) is 0 Å². The highest BCUT2D eigenvalue weighted by molar-refractivity contribution is 6.32. The number of hydrogen-bond donors (Lipinski definition) is 0. The van der Waals surface area contributed by atoms with Gasteiger partial charge in [0.25, 0.3) is 5.69 Å². The Morgan fingerprint density at radius 1 is 1.16 bits per heavy atom. The van der Waals surface area contributed by atoms with Crippen LogP contribution in [0.1, 0.15) is 17.3 Å². The molecular formula is C16H12ClF2NO5. The number of Topliss-reactive ketones (excluding diaryl/α,β-unsaturated/α-hetero) is 1. The summed E-state index contributed by atoms with van der Waals surface area (Å²) in [5, 5.41) is 10.7. The zero-order valence-corrected chi connectivity index (χ0v) is 13.6. The van der Waals surface area contributed by atoms with Gasteiger partial charge in [-0.25, -0.2) is 0 Å². The monoisotopic (exact) mass is 371 g/mol. The number of ketones is 1. The van der Waals surface area contributed by atoms with E-state index in [0.717, 1.165) is 6.07 Å². The van der Waals surface area contributed by atoms with Crippen LogP contribution in [-0.4, -0.2) is 23.4 Å². The van der Waals surface area contributed by atoms with Crippen molar-refractivity contribution in [3.05, 3.63) is 63.2 Å². The van der Waals surface area contributed by atoms with Crippen LogP contribution in [0.15, 0.2) is 42.5 Å². The molecule has 6 nitrogen and oxygen atoms in total. The highest BCUT2D eigenvalue weighted by atomic mass is 35.5. The smallest absolute Gasteiger partial charge is 0.387 e. The number of nitro benzene ring substituents is 1. The van der Waals surface area contributed by atoms with Gasteiger partial charge in [-0.15, -0.1) is 0 Å². The van der Waals surface area contributed by atoms with Crippen molar-refractivity contribution in [3.63, 3.8) is 0 Å². The average molecular weight is 372 g/mol. The van der Waals surface area contributed by atoms with Gasteiger partial charge >= 0.3 is 6.61 Å². The molecule has 0 aliphatic rings. The Labute approximate surface area is 146 Å². The summed E-state index contributed by atoms with van der Waals surface area (Å²) < 4.78 is 33.8. The van der Waals surface area contributed by atoms with Crippen molar-refractivity contribution < 1.29 is 28.0 Å². The van der Waals surface area contributed by atoms with Gasteiger partial charge in [-0.2, -0.15) is 8.78 Å². The van der Waals surface area contributed by atoms with Crippen LogP contribution in [0.3, 0.4) is 0 Å². The van der Waals surface area contributed by atoms with Crippen LogP contribution in [0, 0.1) is 10.1 Å². The minimum absolute atomic E-state index is 0.00506. The lowest BCUT2D eigenvalue weighted by Crippen LogP contribution is -2.24. The van der Waals surface area contributed by atoms with Crippen molar-refractivity contribution in [3.8, 4) is 11.5 Å². The molecule has 0 N–H and O–H groups in total. The summed E-state index contributed by atoms with van der Waals surface area (Å²) >= 11 is 5.91. The van der Waals surface area contributed by atoms with E-state index >= 15 is 0 Å². The second-order valence-electron chi connectivity index (χ2n) is 4.90. The fraction of sp³-hybridized carbons (Fsp3) is 0.188. The molecule has 0 saturated carbocycles. The lowest BCUT2D eigenvalue weighted by Gasteiger charge is -2.15. The largest absolute Gasteiger partial charge is 0.481 e. The van der Waals surface area contributed by atoms with E-state index in [4.69, 9.17) is 16.3 Å². The number of alkyl halides is 2. The van der Waals surface area contributed by atoms with Gasteiger partial charge < -0.3 is 9.47 Å². The first kappa shape index (κ1) is 18.6. The molecule has 0 aliphatic carbocycles. The topological polar surface area (TPSA) is 78.7 Å². The number of halogens is 3.